The second kappa shape index (κ2) is 9.67. The number of hydrogen-bond donors (Lipinski definition) is 1. The number of benzene rings is 2. The molecule has 2 amide bonds. The van der Waals surface area contributed by atoms with E-state index in [0.717, 1.165) is 18.2 Å². The van der Waals surface area contributed by atoms with Crippen LogP contribution in [0, 0.1) is 18.2 Å². The number of halogens is 11. The summed E-state index contributed by atoms with van der Waals surface area (Å²) in [5.74, 6) is -1.05. The van der Waals surface area contributed by atoms with Crippen molar-refractivity contribution in [3.8, 4) is 12.3 Å². The first-order valence-electron chi connectivity index (χ1n) is 9.19. The summed E-state index contributed by atoms with van der Waals surface area (Å²) in [6, 6.07) is 1.71. The van der Waals surface area contributed by atoms with Crippen LogP contribution in [-0.2, 0) is 16.6 Å². The molecule has 0 aromatic heterocycles. The normalized spacial score (nSPS) is 12.6. The molecular formula is C21H11F11N2O2. The molecule has 0 unspecified atom stereocenters. The average molecular weight is 532 g/mol. The SMILES string of the molecule is C#CCN(C=O)c1cccc(C(=O)Nc2ccc(C(F)(C(F)(F)F)C(F)(F)F)cc2C(F)(F)F)c1F. The number of amides is 2. The van der Waals surface area contributed by atoms with Crippen LogP contribution >= 0.6 is 0 Å². The summed E-state index contributed by atoms with van der Waals surface area (Å²) in [4.78, 5) is 24.1. The van der Waals surface area contributed by atoms with E-state index >= 15 is 0 Å². The predicted molar refractivity (Wildman–Crippen MR) is 103 cm³/mol. The molecule has 0 aliphatic heterocycles. The lowest BCUT2D eigenvalue weighted by molar-refractivity contribution is -0.348. The van der Waals surface area contributed by atoms with E-state index in [1.54, 1.807) is 0 Å². The highest BCUT2D eigenvalue weighted by Crippen LogP contribution is 2.54. The van der Waals surface area contributed by atoms with Crippen molar-refractivity contribution in [1.82, 2.24) is 0 Å². The van der Waals surface area contributed by atoms with Gasteiger partial charge in [0, 0.05) is 5.56 Å². The van der Waals surface area contributed by atoms with Crippen molar-refractivity contribution in [3.63, 3.8) is 0 Å². The minimum absolute atomic E-state index is 0.0420. The van der Waals surface area contributed by atoms with Crippen LogP contribution in [0.3, 0.4) is 0 Å². The molecule has 0 heterocycles. The minimum Gasteiger partial charge on any atom is -0.321 e. The first-order valence-corrected chi connectivity index (χ1v) is 9.19. The Morgan fingerprint density at radius 1 is 0.972 bits per heavy atom. The fraction of sp³-hybridized carbons (Fsp3) is 0.238. The number of nitrogens with one attached hydrogen (secondary N) is 1. The zero-order valence-corrected chi connectivity index (χ0v) is 17.2. The molecule has 1 N–H and O–H groups in total. The highest BCUT2D eigenvalue weighted by atomic mass is 19.4. The van der Waals surface area contributed by atoms with E-state index < -0.39 is 76.6 Å². The first-order chi connectivity index (χ1) is 16.4. The van der Waals surface area contributed by atoms with Crippen LogP contribution in [0.4, 0.5) is 59.7 Å². The molecule has 15 heteroatoms. The number of anilines is 2. The smallest absolute Gasteiger partial charge is 0.321 e. The van der Waals surface area contributed by atoms with Crippen molar-refractivity contribution >= 4 is 23.7 Å². The van der Waals surface area contributed by atoms with E-state index in [9.17, 15) is 57.9 Å². The molecule has 0 fully saturated rings. The van der Waals surface area contributed by atoms with Gasteiger partial charge in [-0.3, -0.25) is 9.59 Å². The molecule has 0 saturated heterocycles. The van der Waals surface area contributed by atoms with Gasteiger partial charge in [-0.2, -0.15) is 39.5 Å². The van der Waals surface area contributed by atoms with Crippen molar-refractivity contribution < 1.29 is 57.9 Å². The number of nitrogens with zero attached hydrogens (tertiary/aromatic N) is 1. The standard InChI is InChI=1S/C21H11F11N2O2/c1-2-8-34(10-35)15-5-3-4-12(16(15)22)17(36)33-14-7-6-11(9-13(14)19(24,25)26)18(23,20(27,28)29)21(30,31)32/h1,3-7,9-10H,8H2,(H,33,36). The molecule has 0 atom stereocenters. The first kappa shape index (κ1) is 28.4. The number of alkyl halides is 10. The Morgan fingerprint density at radius 2 is 1.56 bits per heavy atom. The van der Waals surface area contributed by atoms with Gasteiger partial charge in [0.05, 0.1) is 29.0 Å². The molecule has 0 aliphatic rings. The van der Waals surface area contributed by atoms with Crippen LogP contribution in [0.1, 0.15) is 21.5 Å². The molecule has 2 aromatic carbocycles. The summed E-state index contributed by atoms with van der Waals surface area (Å²) in [6.45, 7) is -0.464. The van der Waals surface area contributed by atoms with Crippen molar-refractivity contribution in [1.29, 1.82) is 0 Å². The summed E-state index contributed by atoms with van der Waals surface area (Å²) in [6.07, 6.45) is -14.0. The van der Waals surface area contributed by atoms with E-state index in [1.165, 1.54) is 5.32 Å². The van der Waals surface area contributed by atoms with Crippen LogP contribution in [-0.4, -0.2) is 31.2 Å². The van der Waals surface area contributed by atoms with Crippen LogP contribution in [0.15, 0.2) is 36.4 Å². The summed E-state index contributed by atoms with van der Waals surface area (Å²) in [7, 11) is 0. The van der Waals surface area contributed by atoms with Crippen molar-refractivity contribution in [3.05, 3.63) is 58.9 Å². The highest BCUT2D eigenvalue weighted by Gasteiger charge is 2.73. The molecule has 194 valence electrons. The minimum atomic E-state index is -6.69. The summed E-state index contributed by atoms with van der Waals surface area (Å²) in [5, 5.41) is 1.52. The monoisotopic (exact) mass is 532 g/mol. The quantitative estimate of drug-likeness (QED) is 0.283. The third-order valence-corrected chi connectivity index (χ3v) is 4.67. The van der Waals surface area contributed by atoms with Crippen molar-refractivity contribution in [2.24, 2.45) is 0 Å². The predicted octanol–water partition coefficient (Wildman–Crippen LogP) is 5.98. The average Bonchev–Trinajstić information content (AvgIpc) is 2.75. The third-order valence-electron chi connectivity index (χ3n) is 4.67. The zero-order chi connectivity index (χ0) is 27.7. The van der Waals surface area contributed by atoms with Gasteiger partial charge in [-0.1, -0.05) is 18.1 Å². The maximum atomic E-state index is 14.8. The molecule has 36 heavy (non-hydrogen) atoms. The van der Waals surface area contributed by atoms with Crippen molar-refractivity contribution in [2.75, 3.05) is 16.8 Å². The van der Waals surface area contributed by atoms with Gasteiger partial charge in [-0.25, -0.2) is 8.78 Å². The number of hydrogen-bond acceptors (Lipinski definition) is 2. The molecule has 0 spiro atoms. The van der Waals surface area contributed by atoms with E-state index in [4.69, 9.17) is 6.42 Å². The molecule has 4 nitrogen and oxygen atoms in total. The second-order valence-corrected chi connectivity index (χ2v) is 6.94. The molecule has 0 aliphatic carbocycles. The second-order valence-electron chi connectivity index (χ2n) is 6.94. The van der Waals surface area contributed by atoms with Crippen molar-refractivity contribution in [2.45, 2.75) is 24.2 Å². The van der Waals surface area contributed by atoms with Gasteiger partial charge < -0.3 is 10.2 Å². The van der Waals surface area contributed by atoms with Gasteiger partial charge in [0.1, 0.15) is 0 Å². The van der Waals surface area contributed by atoms with Gasteiger partial charge in [-0.05, 0) is 24.3 Å². The molecule has 0 radical (unpaired) electrons. The number of rotatable bonds is 6. The Hall–Kier alpha value is -3.83. The van der Waals surface area contributed by atoms with Gasteiger partial charge >= 0.3 is 24.2 Å². The van der Waals surface area contributed by atoms with Crippen LogP contribution in [0.2, 0.25) is 0 Å². The molecule has 0 saturated carbocycles. The maximum absolute atomic E-state index is 14.8. The van der Waals surface area contributed by atoms with E-state index in [-0.39, 0.29) is 18.5 Å². The van der Waals surface area contributed by atoms with Gasteiger partial charge in [0.15, 0.2) is 5.82 Å². The lowest BCUT2D eigenvalue weighted by Crippen LogP contribution is -2.50. The van der Waals surface area contributed by atoms with E-state index in [2.05, 4.69) is 0 Å². The summed E-state index contributed by atoms with van der Waals surface area (Å²) < 4.78 is 147. The lowest BCUT2D eigenvalue weighted by Gasteiger charge is -2.31. The van der Waals surface area contributed by atoms with Crippen LogP contribution in [0.5, 0.6) is 0 Å². The molecule has 0 bridgehead atoms. The Bertz CT molecular complexity index is 1180. The number of carbonyl (C=O) groups is 2. The van der Waals surface area contributed by atoms with Crippen LogP contribution < -0.4 is 10.2 Å². The fourth-order valence-electron chi connectivity index (χ4n) is 2.97. The zero-order valence-electron chi connectivity index (χ0n) is 17.2. The molecule has 2 rings (SSSR count). The fourth-order valence-corrected chi connectivity index (χ4v) is 2.97. The number of terminal acetylenes is 1. The van der Waals surface area contributed by atoms with E-state index in [0.29, 0.717) is 4.90 Å². The summed E-state index contributed by atoms with van der Waals surface area (Å²) >= 11 is 0. The number of carbonyl (C=O) groups excluding carboxylic acids is 2. The van der Waals surface area contributed by atoms with Gasteiger partial charge in [-0.15, -0.1) is 6.42 Å². The Labute approximate surface area is 194 Å². The maximum Gasteiger partial charge on any atom is 0.435 e. The molecule has 2 aromatic rings. The highest BCUT2D eigenvalue weighted by molar-refractivity contribution is 6.05. The Morgan fingerprint density at radius 3 is 2.03 bits per heavy atom. The lowest BCUT2D eigenvalue weighted by atomic mass is 9.92. The van der Waals surface area contributed by atoms with Gasteiger partial charge in [0.2, 0.25) is 6.41 Å². The summed E-state index contributed by atoms with van der Waals surface area (Å²) in [5.41, 5.74) is -13.8. The largest absolute Gasteiger partial charge is 0.435 e. The Balaban J connectivity index is 2.60. The Kier molecular flexibility index (Phi) is 7.63. The molecular weight excluding hydrogens is 521 g/mol. The van der Waals surface area contributed by atoms with Gasteiger partial charge in [0.25, 0.3) is 5.91 Å². The van der Waals surface area contributed by atoms with E-state index in [1.807, 2.05) is 5.92 Å². The van der Waals surface area contributed by atoms with Crippen LogP contribution in [0.25, 0.3) is 0 Å². The third kappa shape index (κ3) is 5.21. The topological polar surface area (TPSA) is 49.4 Å².